The Morgan fingerprint density at radius 2 is 2.10 bits per heavy atom. The Morgan fingerprint density at radius 3 is 2.76 bits per heavy atom. The van der Waals surface area contributed by atoms with Crippen molar-refractivity contribution in [3.05, 3.63) is 29.8 Å². The van der Waals surface area contributed by atoms with E-state index >= 15 is 0 Å². The van der Waals surface area contributed by atoms with E-state index in [-0.39, 0.29) is 18.9 Å². The zero-order valence-corrected chi connectivity index (χ0v) is 11.3. The number of para-hydroxylation sites is 1. The number of carboxylic acids is 1. The van der Waals surface area contributed by atoms with Gasteiger partial charge in [0, 0.05) is 24.7 Å². The first-order valence-corrected chi connectivity index (χ1v) is 6.57. The summed E-state index contributed by atoms with van der Waals surface area (Å²) in [5.74, 6) is -1.02. The molecule has 21 heavy (non-hydrogen) atoms. The number of hydrogen-bond donors (Lipinski definition) is 1. The van der Waals surface area contributed by atoms with Gasteiger partial charge in [0.25, 0.3) is 0 Å². The highest BCUT2D eigenvalue weighted by molar-refractivity contribution is 5.71. The number of fused-ring (bicyclic) bond motifs is 1. The van der Waals surface area contributed by atoms with Crippen LogP contribution >= 0.6 is 0 Å². The first kappa shape index (κ1) is 15.6. The molecule has 1 aliphatic heterocycles. The van der Waals surface area contributed by atoms with E-state index in [0.717, 1.165) is 11.3 Å². The number of halogens is 3. The van der Waals surface area contributed by atoms with Crippen molar-refractivity contribution in [2.75, 3.05) is 31.2 Å². The molecular weight excluding hydrogens is 287 g/mol. The van der Waals surface area contributed by atoms with Crippen molar-refractivity contribution in [1.29, 1.82) is 0 Å². The Labute approximate surface area is 120 Å². The van der Waals surface area contributed by atoms with E-state index in [0.29, 0.717) is 13.1 Å². The molecule has 7 heteroatoms. The minimum atomic E-state index is -4.32. The average Bonchev–Trinajstić information content (AvgIpc) is 2.72. The highest BCUT2D eigenvalue weighted by Crippen LogP contribution is 2.37. The SMILES string of the molecule is O=C(O)CC1CN(CCOCC(F)(F)F)c2ccccc21. The molecule has 1 aliphatic rings. The number of hydrogen-bond acceptors (Lipinski definition) is 3. The zero-order chi connectivity index (χ0) is 15.5. The van der Waals surface area contributed by atoms with Crippen molar-refractivity contribution in [1.82, 2.24) is 0 Å². The Kier molecular flexibility index (Phi) is 4.72. The van der Waals surface area contributed by atoms with Gasteiger partial charge in [0.1, 0.15) is 6.61 Å². The number of ether oxygens (including phenoxy) is 1. The Hall–Kier alpha value is -1.76. The third kappa shape index (κ3) is 4.35. The summed E-state index contributed by atoms with van der Waals surface area (Å²) < 4.78 is 40.6. The molecule has 1 unspecified atom stereocenters. The Morgan fingerprint density at radius 1 is 1.38 bits per heavy atom. The zero-order valence-electron chi connectivity index (χ0n) is 11.3. The van der Waals surface area contributed by atoms with Crippen LogP contribution in [0.25, 0.3) is 0 Å². The van der Waals surface area contributed by atoms with Crippen LogP contribution in [0.15, 0.2) is 24.3 Å². The average molecular weight is 303 g/mol. The number of benzene rings is 1. The van der Waals surface area contributed by atoms with Crippen LogP contribution in [0.2, 0.25) is 0 Å². The second kappa shape index (κ2) is 6.34. The van der Waals surface area contributed by atoms with Crippen LogP contribution in [0.4, 0.5) is 18.9 Å². The van der Waals surface area contributed by atoms with E-state index in [1.165, 1.54) is 0 Å². The molecule has 0 spiro atoms. The molecule has 0 aromatic heterocycles. The van der Waals surface area contributed by atoms with Gasteiger partial charge in [-0.25, -0.2) is 0 Å². The maximum absolute atomic E-state index is 12.0. The smallest absolute Gasteiger partial charge is 0.411 e. The van der Waals surface area contributed by atoms with Gasteiger partial charge in [-0.2, -0.15) is 13.2 Å². The van der Waals surface area contributed by atoms with Crippen molar-refractivity contribution in [2.45, 2.75) is 18.5 Å². The maximum Gasteiger partial charge on any atom is 0.411 e. The Bertz CT molecular complexity index is 504. The van der Waals surface area contributed by atoms with Gasteiger partial charge in [0.05, 0.1) is 13.0 Å². The van der Waals surface area contributed by atoms with Crippen LogP contribution in [0.3, 0.4) is 0 Å². The number of rotatable bonds is 6. The van der Waals surface area contributed by atoms with Gasteiger partial charge in [0.2, 0.25) is 0 Å². The van der Waals surface area contributed by atoms with Gasteiger partial charge >= 0.3 is 12.1 Å². The molecule has 0 radical (unpaired) electrons. The largest absolute Gasteiger partial charge is 0.481 e. The molecule has 0 bridgehead atoms. The fraction of sp³-hybridized carbons (Fsp3) is 0.500. The van der Waals surface area contributed by atoms with Crippen molar-refractivity contribution < 1.29 is 27.8 Å². The van der Waals surface area contributed by atoms with E-state index in [1.54, 1.807) is 0 Å². The molecule has 4 nitrogen and oxygen atoms in total. The second-order valence-corrected chi connectivity index (χ2v) is 4.97. The molecule has 2 rings (SSSR count). The van der Waals surface area contributed by atoms with Crippen molar-refractivity contribution in [3.63, 3.8) is 0 Å². The number of nitrogens with zero attached hydrogens (tertiary/aromatic N) is 1. The summed E-state index contributed by atoms with van der Waals surface area (Å²) in [7, 11) is 0. The normalized spacial score (nSPS) is 17.9. The quantitative estimate of drug-likeness (QED) is 0.821. The molecule has 1 aromatic carbocycles. The highest BCUT2D eigenvalue weighted by atomic mass is 19.4. The molecule has 1 heterocycles. The maximum atomic E-state index is 12.0. The lowest BCUT2D eigenvalue weighted by Gasteiger charge is -2.20. The number of aliphatic carboxylic acids is 1. The molecule has 0 saturated carbocycles. The molecule has 0 saturated heterocycles. The van der Waals surface area contributed by atoms with Crippen LogP contribution in [-0.2, 0) is 9.53 Å². The first-order valence-electron chi connectivity index (χ1n) is 6.57. The first-order chi connectivity index (χ1) is 9.87. The van der Waals surface area contributed by atoms with Gasteiger partial charge in [0.15, 0.2) is 0 Å². The van der Waals surface area contributed by atoms with Crippen molar-refractivity contribution >= 4 is 11.7 Å². The summed E-state index contributed by atoms with van der Waals surface area (Å²) in [6.07, 6.45) is -4.31. The molecule has 1 aromatic rings. The number of alkyl halides is 3. The minimum Gasteiger partial charge on any atom is -0.481 e. The third-order valence-electron chi connectivity index (χ3n) is 3.35. The second-order valence-electron chi connectivity index (χ2n) is 4.97. The number of anilines is 1. The highest BCUT2D eigenvalue weighted by Gasteiger charge is 2.30. The number of carboxylic acid groups (broad SMARTS) is 1. The van der Waals surface area contributed by atoms with Gasteiger partial charge < -0.3 is 14.7 Å². The Balaban J connectivity index is 1.94. The van der Waals surface area contributed by atoms with Crippen LogP contribution in [0.1, 0.15) is 17.9 Å². The van der Waals surface area contributed by atoms with Gasteiger partial charge in [-0.1, -0.05) is 18.2 Å². The summed E-state index contributed by atoms with van der Waals surface area (Å²) in [6, 6.07) is 7.36. The molecule has 0 aliphatic carbocycles. The third-order valence-corrected chi connectivity index (χ3v) is 3.35. The fourth-order valence-electron chi connectivity index (χ4n) is 2.54. The summed E-state index contributed by atoms with van der Waals surface area (Å²) in [5, 5.41) is 8.92. The van der Waals surface area contributed by atoms with Crippen LogP contribution < -0.4 is 4.90 Å². The van der Waals surface area contributed by atoms with Gasteiger partial charge in [-0.3, -0.25) is 4.79 Å². The molecule has 1 atom stereocenters. The van der Waals surface area contributed by atoms with E-state index < -0.39 is 18.8 Å². The predicted molar refractivity (Wildman–Crippen MR) is 70.5 cm³/mol. The standard InChI is InChI=1S/C14H16F3NO3/c15-14(16,17)9-21-6-5-18-8-10(7-13(19)20)11-3-1-2-4-12(11)18/h1-4,10H,5-9H2,(H,19,20). The lowest BCUT2D eigenvalue weighted by atomic mass is 9.98. The molecule has 0 amide bonds. The van der Waals surface area contributed by atoms with E-state index in [4.69, 9.17) is 5.11 Å². The van der Waals surface area contributed by atoms with E-state index in [2.05, 4.69) is 4.74 Å². The molecule has 116 valence electrons. The van der Waals surface area contributed by atoms with Gasteiger partial charge in [-0.05, 0) is 11.6 Å². The van der Waals surface area contributed by atoms with E-state index in [1.807, 2.05) is 29.2 Å². The lowest BCUT2D eigenvalue weighted by Crippen LogP contribution is -2.28. The van der Waals surface area contributed by atoms with Crippen molar-refractivity contribution in [3.8, 4) is 0 Å². The summed E-state index contributed by atoms with van der Waals surface area (Å²) in [4.78, 5) is 12.7. The fourth-order valence-corrected chi connectivity index (χ4v) is 2.54. The van der Waals surface area contributed by atoms with Gasteiger partial charge in [-0.15, -0.1) is 0 Å². The van der Waals surface area contributed by atoms with Crippen LogP contribution in [0, 0.1) is 0 Å². The summed E-state index contributed by atoms with van der Waals surface area (Å²) in [6.45, 7) is -0.515. The summed E-state index contributed by atoms with van der Waals surface area (Å²) in [5.41, 5.74) is 1.80. The van der Waals surface area contributed by atoms with Crippen molar-refractivity contribution in [2.24, 2.45) is 0 Å². The summed E-state index contributed by atoms with van der Waals surface area (Å²) >= 11 is 0. The van der Waals surface area contributed by atoms with Crippen LogP contribution in [0.5, 0.6) is 0 Å². The molecular formula is C14H16F3NO3. The lowest BCUT2D eigenvalue weighted by molar-refractivity contribution is -0.173. The molecule has 0 fully saturated rings. The minimum absolute atomic E-state index is 0.0108. The van der Waals surface area contributed by atoms with E-state index in [9.17, 15) is 18.0 Å². The topological polar surface area (TPSA) is 49.8 Å². The monoisotopic (exact) mass is 303 g/mol. The predicted octanol–water partition coefficient (Wildman–Crippen LogP) is 2.64. The molecule has 1 N–H and O–H groups in total. The van der Waals surface area contributed by atoms with Crippen LogP contribution in [-0.4, -0.2) is 43.6 Å². The number of carbonyl (C=O) groups is 1.